The van der Waals surface area contributed by atoms with Crippen molar-refractivity contribution in [3.05, 3.63) is 47.5 Å². The minimum absolute atomic E-state index is 0.00558. The topological polar surface area (TPSA) is 77.2 Å². The molecule has 0 radical (unpaired) electrons. The van der Waals surface area contributed by atoms with Crippen LogP contribution in [0.15, 0.2) is 36.4 Å². The molecule has 1 amide bonds. The normalized spacial score (nSPS) is 11.6. The first kappa shape index (κ1) is 13.5. The minimum Gasteiger partial charge on any atom is -0.366 e. The summed E-state index contributed by atoms with van der Waals surface area (Å²) in [5, 5.41) is 1.68. The first-order valence-electron chi connectivity index (χ1n) is 5.86. The summed E-state index contributed by atoms with van der Waals surface area (Å²) in [6, 6.07) is 11.1. The van der Waals surface area contributed by atoms with Gasteiger partial charge >= 0.3 is 0 Å². The Bertz CT molecular complexity index is 735. The predicted molar refractivity (Wildman–Crippen MR) is 75.9 cm³/mol. The van der Waals surface area contributed by atoms with Crippen molar-refractivity contribution in [3.8, 4) is 0 Å². The maximum Gasteiger partial charge on any atom is 0.249 e. The van der Waals surface area contributed by atoms with Crippen molar-refractivity contribution < 1.29 is 13.2 Å². The van der Waals surface area contributed by atoms with Crippen LogP contribution in [-0.4, -0.2) is 26.3 Å². The second kappa shape index (κ2) is 5.01. The number of primary amides is 1. The molecule has 2 N–H and O–H groups in total. The van der Waals surface area contributed by atoms with Crippen molar-refractivity contribution in [2.45, 2.75) is 6.42 Å². The van der Waals surface area contributed by atoms with Gasteiger partial charge in [0.05, 0.1) is 11.3 Å². The smallest absolute Gasteiger partial charge is 0.249 e. The zero-order valence-electron chi connectivity index (χ0n) is 10.6. The quantitative estimate of drug-likeness (QED) is 0.920. The van der Waals surface area contributed by atoms with Crippen molar-refractivity contribution in [1.82, 2.24) is 0 Å². The number of fused-ring (bicyclic) bond motifs is 1. The summed E-state index contributed by atoms with van der Waals surface area (Å²) in [7, 11) is -3.07. The molecular weight excluding hydrogens is 262 g/mol. The van der Waals surface area contributed by atoms with E-state index in [0.29, 0.717) is 17.5 Å². The molecule has 0 unspecified atom stereocenters. The molecular formula is C14H15NO3S. The predicted octanol–water partition coefficient (Wildman–Crippen LogP) is 1.53. The maximum atomic E-state index is 11.6. The van der Waals surface area contributed by atoms with Crippen LogP contribution in [0.4, 0.5) is 0 Å². The second-order valence-corrected chi connectivity index (χ2v) is 6.82. The van der Waals surface area contributed by atoms with Gasteiger partial charge in [-0.05, 0) is 22.8 Å². The number of nitrogens with two attached hydrogens (primary N) is 1. The molecule has 0 aliphatic heterocycles. The van der Waals surface area contributed by atoms with Gasteiger partial charge in [0.2, 0.25) is 5.91 Å². The second-order valence-electron chi connectivity index (χ2n) is 4.56. The molecule has 0 fully saturated rings. The molecule has 0 atom stereocenters. The molecule has 2 aromatic carbocycles. The highest BCUT2D eigenvalue weighted by Gasteiger charge is 2.14. The SMILES string of the molecule is CS(=O)(=O)CCc1ccc2ccccc2c1C(N)=O. The van der Waals surface area contributed by atoms with E-state index in [1.54, 1.807) is 6.07 Å². The standard InChI is InChI=1S/C14H15NO3S/c1-19(17,18)9-8-11-7-6-10-4-2-3-5-12(10)13(11)14(15)16/h2-7H,8-9H2,1H3,(H2,15,16). The number of amides is 1. The summed E-state index contributed by atoms with van der Waals surface area (Å²) < 4.78 is 22.5. The Kier molecular flexibility index (Phi) is 3.57. The monoisotopic (exact) mass is 277 g/mol. The summed E-state index contributed by atoms with van der Waals surface area (Å²) in [6.45, 7) is 0. The Morgan fingerprint density at radius 2 is 1.84 bits per heavy atom. The summed E-state index contributed by atoms with van der Waals surface area (Å²) in [6.07, 6.45) is 1.47. The van der Waals surface area contributed by atoms with Crippen LogP contribution in [0.1, 0.15) is 15.9 Å². The summed E-state index contributed by atoms with van der Waals surface area (Å²) in [4.78, 5) is 11.6. The average molecular weight is 277 g/mol. The molecule has 0 spiro atoms. The highest BCUT2D eigenvalue weighted by atomic mass is 32.2. The van der Waals surface area contributed by atoms with E-state index in [4.69, 9.17) is 5.73 Å². The number of carbonyl (C=O) groups is 1. The molecule has 0 saturated carbocycles. The summed E-state index contributed by atoms with van der Waals surface area (Å²) in [5.41, 5.74) is 6.53. The Morgan fingerprint density at radius 1 is 1.16 bits per heavy atom. The fourth-order valence-electron chi connectivity index (χ4n) is 2.11. The van der Waals surface area contributed by atoms with Crippen LogP contribution in [0.25, 0.3) is 10.8 Å². The fourth-order valence-corrected chi connectivity index (χ4v) is 2.70. The molecule has 100 valence electrons. The van der Waals surface area contributed by atoms with Gasteiger partial charge in [0.15, 0.2) is 0 Å². The Morgan fingerprint density at radius 3 is 2.47 bits per heavy atom. The molecule has 19 heavy (non-hydrogen) atoms. The van der Waals surface area contributed by atoms with Gasteiger partial charge in [0.25, 0.3) is 0 Å². The van der Waals surface area contributed by atoms with E-state index >= 15 is 0 Å². The lowest BCUT2D eigenvalue weighted by atomic mass is 9.97. The van der Waals surface area contributed by atoms with Crippen LogP contribution < -0.4 is 5.73 Å². The number of hydrogen-bond donors (Lipinski definition) is 1. The number of rotatable bonds is 4. The number of aryl methyl sites for hydroxylation is 1. The van der Waals surface area contributed by atoms with Gasteiger partial charge in [-0.1, -0.05) is 36.4 Å². The van der Waals surface area contributed by atoms with Gasteiger partial charge < -0.3 is 5.73 Å². The first-order valence-corrected chi connectivity index (χ1v) is 7.93. The van der Waals surface area contributed by atoms with Crippen LogP contribution >= 0.6 is 0 Å². The summed E-state index contributed by atoms with van der Waals surface area (Å²) in [5.74, 6) is -0.522. The van der Waals surface area contributed by atoms with Crippen molar-refractivity contribution in [1.29, 1.82) is 0 Å². The average Bonchev–Trinajstić information content (AvgIpc) is 2.34. The zero-order chi connectivity index (χ0) is 14.0. The third-order valence-electron chi connectivity index (χ3n) is 3.00. The van der Waals surface area contributed by atoms with E-state index < -0.39 is 15.7 Å². The lowest BCUT2D eigenvalue weighted by Crippen LogP contribution is -2.16. The van der Waals surface area contributed by atoms with Gasteiger partial charge in [-0.2, -0.15) is 0 Å². The maximum absolute atomic E-state index is 11.6. The molecule has 0 aliphatic carbocycles. The van der Waals surface area contributed by atoms with Gasteiger partial charge in [-0.3, -0.25) is 4.79 Å². The molecule has 2 aromatic rings. The largest absolute Gasteiger partial charge is 0.366 e. The Balaban J connectivity index is 2.55. The Labute approximate surface area is 112 Å². The number of benzene rings is 2. The number of hydrogen-bond acceptors (Lipinski definition) is 3. The third-order valence-corrected chi connectivity index (χ3v) is 3.95. The first-order chi connectivity index (χ1) is 8.88. The number of sulfone groups is 1. The molecule has 4 nitrogen and oxygen atoms in total. The lowest BCUT2D eigenvalue weighted by Gasteiger charge is -2.10. The zero-order valence-corrected chi connectivity index (χ0v) is 11.4. The van der Waals surface area contributed by atoms with E-state index in [2.05, 4.69) is 0 Å². The minimum atomic E-state index is -3.07. The van der Waals surface area contributed by atoms with Crippen LogP contribution in [0.5, 0.6) is 0 Å². The Hall–Kier alpha value is -1.88. The van der Waals surface area contributed by atoms with Gasteiger partial charge in [0, 0.05) is 6.26 Å². The van der Waals surface area contributed by atoms with E-state index in [-0.39, 0.29) is 5.75 Å². The highest BCUT2D eigenvalue weighted by Crippen LogP contribution is 2.22. The van der Waals surface area contributed by atoms with E-state index in [1.807, 2.05) is 30.3 Å². The third kappa shape index (κ3) is 3.12. The van der Waals surface area contributed by atoms with E-state index in [1.165, 1.54) is 6.26 Å². The number of carbonyl (C=O) groups excluding carboxylic acids is 1. The molecule has 0 aromatic heterocycles. The lowest BCUT2D eigenvalue weighted by molar-refractivity contribution is 0.100. The highest BCUT2D eigenvalue weighted by molar-refractivity contribution is 7.90. The van der Waals surface area contributed by atoms with Crippen molar-refractivity contribution in [3.63, 3.8) is 0 Å². The van der Waals surface area contributed by atoms with E-state index in [0.717, 1.165) is 10.8 Å². The van der Waals surface area contributed by atoms with Crippen molar-refractivity contribution in [2.24, 2.45) is 5.73 Å². The van der Waals surface area contributed by atoms with Crippen molar-refractivity contribution >= 4 is 26.5 Å². The van der Waals surface area contributed by atoms with Gasteiger partial charge in [-0.25, -0.2) is 8.42 Å². The summed E-state index contributed by atoms with van der Waals surface area (Å²) >= 11 is 0. The van der Waals surface area contributed by atoms with Crippen LogP contribution in [0.2, 0.25) is 0 Å². The molecule has 2 rings (SSSR count). The van der Waals surface area contributed by atoms with Crippen LogP contribution in [0.3, 0.4) is 0 Å². The van der Waals surface area contributed by atoms with Gasteiger partial charge in [0.1, 0.15) is 9.84 Å². The van der Waals surface area contributed by atoms with E-state index in [9.17, 15) is 13.2 Å². The van der Waals surface area contributed by atoms with Crippen molar-refractivity contribution in [2.75, 3.05) is 12.0 Å². The fraction of sp³-hybridized carbons (Fsp3) is 0.214. The molecule has 0 aliphatic rings. The molecule has 0 heterocycles. The van der Waals surface area contributed by atoms with Crippen LogP contribution in [-0.2, 0) is 16.3 Å². The molecule has 0 bridgehead atoms. The molecule has 0 saturated heterocycles. The molecule has 5 heteroatoms. The van der Waals surface area contributed by atoms with Gasteiger partial charge in [-0.15, -0.1) is 0 Å². The van der Waals surface area contributed by atoms with Crippen LogP contribution in [0, 0.1) is 0 Å².